The number of morpholine rings is 1. The summed E-state index contributed by atoms with van der Waals surface area (Å²) in [4.78, 5) is 27.5. The monoisotopic (exact) mass is 455 g/mol. The molecular weight excluding hydrogens is 421 g/mol. The van der Waals surface area contributed by atoms with Crippen LogP contribution in [-0.4, -0.2) is 43.2 Å². The van der Waals surface area contributed by atoms with Crippen molar-refractivity contribution in [3.63, 3.8) is 0 Å². The summed E-state index contributed by atoms with van der Waals surface area (Å²) < 4.78 is 20.6. The average molecular weight is 456 g/mol. The number of hydrogen-bond donors (Lipinski definition) is 2. The van der Waals surface area contributed by atoms with E-state index in [0.29, 0.717) is 29.9 Å². The van der Waals surface area contributed by atoms with E-state index < -0.39 is 6.04 Å². The number of hydrogen-bond acceptors (Lipinski definition) is 4. The molecule has 2 N–H and O–H groups in total. The van der Waals surface area contributed by atoms with Gasteiger partial charge in [-0.1, -0.05) is 38.1 Å². The molecule has 0 bridgehead atoms. The van der Waals surface area contributed by atoms with Gasteiger partial charge in [0.25, 0.3) is 5.91 Å². The Bertz CT molecular complexity index is 984. The van der Waals surface area contributed by atoms with Crippen molar-refractivity contribution in [2.45, 2.75) is 59.4 Å². The molecule has 3 unspecified atom stereocenters. The molecule has 0 spiro atoms. The topological polar surface area (TPSA) is 70.7 Å². The smallest absolute Gasteiger partial charge is 0.252 e. The molecule has 3 rings (SSSR count). The lowest BCUT2D eigenvalue weighted by atomic mass is 10.0. The summed E-state index contributed by atoms with van der Waals surface area (Å²) in [5, 5.41) is 5.68. The van der Waals surface area contributed by atoms with Crippen LogP contribution in [-0.2, 0) is 16.1 Å². The van der Waals surface area contributed by atoms with E-state index in [1.807, 2.05) is 57.7 Å². The fraction of sp³-hybridized carbons (Fsp3) is 0.462. The van der Waals surface area contributed by atoms with Gasteiger partial charge >= 0.3 is 0 Å². The molecule has 1 fully saturated rings. The molecule has 1 heterocycles. The van der Waals surface area contributed by atoms with E-state index in [1.165, 1.54) is 6.07 Å². The van der Waals surface area contributed by atoms with Gasteiger partial charge in [0, 0.05) is 25.2 Å². The molecule has 33 heavy (non-hydrogen) atoms. The van der Waals surface area contributed by atoms with Crippen LogP contribution in [0.1, 0.15) is 49.2 Å². The van der Waals surface area contributed by atoms with Gasteiger partial charge in [0.2, 0.25) is 5.91 Å². The molecule has 1 saturated heterocycles. The number of ether oxygens (including phenoxy) is 1. The summed E-state index contributed by atoms with van der Waals surface area (Å²) in [7, 11) is 0. The zero-order valence-electron chi connectivity index (χ0n) is 20.0. The van der Waals surface area contributed by atoms with Gasteiger partial charge in [-0.05, 0) is 56.0 Å². The van der Waals surface area contributed by atoms with Gasteiger partial charge in [-0.2, -0.15) is 0 Å². The van der Waals surface area contributed by atoms with E-state index in [2.05, 4.69) is 10.6 Å². The maximum absolute atomic E-state index is 14.8. The third kappa shape index (κ3) is 6.32. The molecule has 178 valence electrons. The van der Waals surface area contributed by atoms with Crippen LogP contribution in [0.15, 0.2) is 42.5 Å². The molecule has 1 aliphatic heterocycles. The Morgan fingerprint density at radius 3 is 2.39 bits per heavy atom. The molecule has 2 amide bonds. The van der Waals surface area contributed by atoms with Gasteiger partial charge in [0.1, 0.15) is 11.9 Å². The maximum atomic E-state index is 14.8. The van der Waals surface area contributed by atoms with E-state index in [9.17, 15) is 14.0 Å². The predicted molar refractivity (Wildman–Crippen MR) is 128 cm³/mol. The minimum atomic E-state index is -0.697. The predicted octanol–water partition coefficient (Wildman–Crippen LogP) is 3.82. The number of carbonyl (C=O) groups is 2. The Labute approximate surface area is 195 Å². The minimum absolute atomic E-state index is 0.0370. The highest BCUT2D eigenvalue weighted by molar-refractivity contribution is 5.98. The van der Waals surface area contributed by atoms with E-state index in [0.717, 1.165) is 5.56 Å². The lowest BCUT2D eigenvalue weighted by molar-refractivity contribution is -0.124. The lowest BCUT2D eigenvalue weighted by Crippen LogP contribution is -2.49. The van der Waals surface area contributed by atoms with Crippen LogP contribution in [0.2, 0.25) is 0 Å². The first-order chi connectivity index (χ1) is 15.7. The van der Waals surface area contributed by atoms with Crippen LogP contribution in [0, 0.1) is 18.7 Å². The second kappa shape index (κ2) is 10.8. The van der Waals surface area contributed by atoms with Crippen molar-refractivity contribution in [1.82, 2.24) is 10.6 Å². The Morgan fingerprint density at radius 1 is 1.12 bits per heavy atom. The van der Waals surface area contributed by atoms with Gasteiger partial charge in [-0.25, -0.2) is 4.39 Å². The highest BCUT2D eigenvalue weighted by atomic mass is 19.1. The largest absolute Gasteiger partial charge is 0.372 e. The summed E-state index contributed by atoms with van der Waals surface area (Å²) in [5.41, 5.74) is 2.59. The van der Waals surface area contributed by atoms with E-state index in [-0.39, 0.29) is 42.3 Å². The zero-order valence-corrected chi connectivity index (χ0v) is 20.0. The molecule has 0 aliphatic carbocycles. The average Bonchev–Trinajstić information content (AvgIpc) is 2.75. The van der Waals surface area contributed by atoms with Crippen molar-refractivity contribution in [1.29, 1.82) is 0 Å². The number of rotatable bonds is 7. The molecule has 0 aromatic heterocycles. The first-order valence-corrected chi connectivity index (χ1v) is 11.5. The number of benzene rings is 2. The van der Waals surface area contributed by atoms with Crippen LogP contribution in [0.5, 0.6) is 0 Å². The quantitative estimate of drug-likeness (QED) is 0.666. The minimum Gasteiger partial charge on any atom is -0.372 e. The summed E-state index contributed by atoms with van der Waals surface area (Å²) in [6, 6.07) is 11.6. The second-order valence-corrected chi connectivity index (χ2v) is 9.18. The highest BCUT2D eigenvalue weighted by Crippen LogP contribution is 2.24. The first kappa shape index (κ1) is 24.7. The molecule has 2 aromatic carbocycles. The van der Waals surface area contributed by atoms with E-state index in [1.54, 1.807) is 18.2 Å². The van der Waals surface area contributed by atoms with Crippen molar-refractivity contribution in [2.75, 3.05) is 18.0 Å². The summed E-state index contributed by atoms with van der Waals surface area (Å²) in [6.45, 7) is 11.0. The number of carbonyl (C=O) groups excluding carboxylic acids is 2. The van der Waals surface area contributed by atoms with E-state index >= 15 is 0 Å². The van der Waals surface area contributed by atoms with Crippen LogP contribution in [0.3, 0.4) is 0 Å². The van der Waals surface area contributed by atoms with Gasteiger partial charge in [-0.3, -0.25) is 9.59 Å². The van der Waals surface area contributed by atoms with E-state index in [4.69, 9.17) is 4.74 Å². The summed E-state index contributed by atoms with van der Waals surface area (Å²) in [5.74, 6) is -1.02. The van der Waals surface area contributed by atoms with Gasteiger partial charge < -0.3 is 20.3 Å². The van der Waals surface area contributed by atoms with Crippen molar-refractivity contribution < 1.29 is 18.7 Å². The fourth-order valence-electron chi connectivity index (χ4n) is 4.17. The van der Waals surface area contributed by atoms with Crippen LogP contribution in [0.25, 0.3) is 0 Å². The number of anilines is 1. The van der Waals surface area contributed by atoms with Crippen molar-refractivity contribution in [3.8, 4) is 0 Å². The normalized spacial score (nSPS) is 19.3. The molecule has 3 atom stereocenters. The first-order valence-electron chi connectivity index (χ1n) is 11.5. The molecule has 0 radical (unpaired) electrons. The second-order valence-electron chi connectivity index (χ2n) is 9.18. The van der Waals surface area contributed by atoms with Crippen molar-refractivity contribution >= 4 is 17.5 Å². The molecule has 0 saturated carbocycles. The fourth-order valence-corrected chi connectivity index (χ4v) is 4.17. The van der Waals surface area contributed by atoms with Crippen LogP contribution < -0.4 is 15.5 Å². The molecule has 7 heteroatoms. The Kier molecular flexibility index (Phi) is 8.08. The Hall–Kier alpha value is -2.93. The molecular formula is C26H34FN3O3. The molecule has 6 nitrogen and oxygen atoms in total. The number of aryl methyl sites for hydroxylation is 1. The van der Waals surface area contributed by atoms with Crippen molar-refractivity contribution in [2.24, 2.45) is 5.92 Å². The SMILES string of the molecule is Cc1ccccc1C(=O)NC(C(=O)NCc1ccc(N2CC(C)OC(C)C2)c(F)c1)C(C)C. The third-order valence-electron chi connectivity index (χ3n) is 5.86. The number of nitrogens with zero attached hydrogens (tertiary/aromatic N) is 1. The van der Waals surface area contributed by atoms with Gasteiger partial charge in [0.15, 0.2) is 0 Å². The number of nitrogens with one attached hydrogen (secondary N) is 2. The molecule has 2 aromatic rings. The maximum Gasteiger partial charge on any atom is 0.252 e. The number of amides is 2. The van der Waals surface area contributed by atoms with Crippen LogP contribution >= 0.6 is 0 Å². The summed E-state index contributed by atoms with van der Waals surface area (Å²) >= 11 is 0. The Balaban J connectivity index is 1.63. The van der Waals surface area contributed by atoms with Gasteiger partial charge in [0.05, 0.1) is 17.9 Å². The summed E-state index contributed by atoms with van der Waals surface area (Å²) in [6.07, 6.45) is 0.0740. The van der Waals surface area contributed by atoms with Crippen molar-refractivity contribution in [3.05, 3.63) is 65.0 Å². The number of halogens is 1. The highest BCUT2D eigenvalue weighted by Gasteiger charge is 2.26. The lowest BCUT2D eigenvalue weighted by Gasteiger charge is -2.37. The van der Waals surface area contributed by atoms with Gasteiger partial charge in [-0.15, -0.1) is 0 Å². The van der Waals surface area contributed by atoms with Crippen LogP contribution in [0.4, 0.5) is 10.1 Å². The third-order valence-corrected chi connectivity index (χ3v) is 5.86. The zero-order chi connectivity index (χ0) is 24.1. The Morgan fingerprint density at radius 2 is 1.79 bits per heavy atom. The standard InChI is InChI=1S/C26H34FN3O3/c1-16(2)24(29-25(31)21-9-7-6-8-17(21)3)26(32)28-13-20-10-11-23(22(27)12-20)30-14-18(4)33-19(5)15-30/h6-12,16,18-19,24H,13-15H2,1-5H3,(H,28,32)(H,29,31). The molecule has 1 aliphatic rings.